The van der Waals surface area contributed by atoms with Crippen molar-refractivity contribution in [2.75, 3.05) is 4.72 Å². The highest BCUT2D eigenvalue weighted by molar-refractivity contribution is 7.92. The Hall–Kier alpha value is -3.72. The van der Waals surface area contributed by atoms with Gasteiger partial charge in [0.1, 0.15) is 23.6 Å². The van der Waals surface area contributed by atoms with Crippen molar-refractivity contribution in [3.05, 3.63) is 84.4 Å². The second-order valence-corrected chi connectivity index (χ2v) is 8.27. The van der Waals surface area contributed by atoms with Gasteiger partial charge in [-0.25, -0.2) is 23.1 Å². The van der Waals surface area contributed by atoms with Crippen LogP contribution in [-0.2, 0) is 10.0 Å². The number of aromatic nitrogens is 4. The van der Waals surface area contributed by atoms with Gasteiger partial charge in [-0.3, -0.25) is 4.72 Å². The van der Waals surface area contributed by atoms with Crippen molar-refractivity contribution in [1.82, 2.24) is 19.7 Å². The van der Waals surface area contributed by atoms with Crippen molar-refractivity contribution in [1.29, 1.82) is 0 Å². The quantitative estimate of drug-likeness (QED) is 0.507. The van der Waals surface area contributed by atoms with Crippen molar-refractivity contribution in [3.8, 4) is 17.3 Å². The molecular formula is C21H19N5O3S. The summed E-state index contributed by atoms with van der Waals surface area (Å²) in [6.45, 7) is 3.77. The maximum atomic E-state index is 12.8. The van der Waals surface area contributed by atoms with E-state index in [1.807, 2.05) is 50.2 Å². The van der Waals surface area contributed by atoms with Gasteiger partial charge in [0.25, 0.3) is 10.0 Å². The molecule has 0 fully saturated rings. The van der Waals surface area contributed by atoms with Gasteiger partial charge in [-0.2, -0.15) is 5.10 Å². The molecule has 8 nitrogen and oxygen atoms in total. The second-order valence-electron chi connectivity index (χ2n) is 6.59. The Kier molecular flexibility index (Phi) is 5.20. The molecule has 4 aromatic rings. The van der Waals surface area contributed by atoms with Gasteiger partial charge in [0.15, 0.2) is 5.82 Å². The van der Waals surface area contributed by atoms with Gasteiger partial charge in [-0.05, 0) is 56.3 Å². The molecule has 0 aliphatic rings. The van der Waals surface area contributed by atoms with Gasteiger partial charge < -0.3 is 4.74 Å². The maximum Gasteiger partial charge on any atom is 0.263 e. The topological polar surface area (TPSA) is 99.0 Å². The van der Waals surface area contributed by atoms with Crippen LogP contribution >= 0.6 is 0 Å². The molecular weight excluding hydrogens is 402 g/mol. The van der Waals surface area contributed by atoms with E-state index in [-0.39, 0.29) is 10.7 Å². The Morgan fingerprint density at radius 1 is 0.900 bits per heavy atom. The zero-order valence-electron chi connectivity index (χ0n) is 16.4. The van der Waals surface area contributed by atoms with E-state index in [0.717, 1.165) is 11.4 Å². The zero-order chi connectivity index (χ0) is 21.1. The van der Waals surface area contributed by atoms with Crippen molar-refractivity contribution < 1.29 is 13.2 Å². The minimum Gasteiger partial charge on any atom is -0.457 e. The van der Waals surface area contributed by atoms with E-state index in [2.05, 4.69) is 19.8 Å². The Balaban J connectivity index is 1.53. The summed E-state index contributed by atoms with van der Waals surface area (Å²) < 4.78 is 35.3. The van der Waals surface area contributed by atoms with Gasteiger partial charge in [0.2, 0.25) is 0 Å². The number of rotatable bonds is 6. The summed E-state index contributed by atoms with van der Waals surface area (Å²) in [4.78, 5) is 8.29. The number of anilines is 1. The Bertz CT molecular complexity index is 1270. The third kappa shape index (κ3) is 4.31. The standard InChI is InChI=1S/C21H19N5O3S/c1-15-12-16(2)26(24-15)21-13-20(22-14-23-21)25-30(27,28)19-10-8-18(9-11-19)29-17-6-4-3-5-7-17/h3-14H,1-2H3,(H,22,23,25). The average molecular weight is 421 g/mol. The number of hydrogen-bond acceptors (Lipinski definition) is 6. The summed E-state index contributed by atoms with van der Waals surface area (Å²) in [5, 5.41) is 4.36. The van der Waals surface area contributed by atoms with Crippen molar-refractivity contribution in [2.24, 2.45) is 0 Å². The third-order valence-corrected chi connectivity index (χ3v) is 5.60. The molecule has 2 aromatic carbocycles. The van der Waals surface area contributed by atoms with Crippen LogP contribution in [0.4, 0.5) is 5.82 Å². The minimum absolute atomic E-state index is 0.0918. The lowest BCUT2D eigenvalue weighted by Crippen LogP contribution is -2.14. The van der Waals surface area contributed by atoms with E-state index >= 15 is 0 Å². The van der Waals surface area contributed by atoms with Crippen LogP contribution in [0.15, 0.2) is 78.0 Å². The smallest absolute Gasteiger partial charge is 0.263 e. The molecule has 0 saturated carbocycles. The van der Waals surface area contributed by atoms with Crippen LogP contribution in [0.2, 0.25) is 0 Å². The summed E-state index contributed by atoms with van der Waals surface area (Å²) in [7, 11) is -3.83. The van der Waals surface area contributed by atoms with E-state index in [9.17, 15) is 8.42 Å². The second kappa shape index (κ2) is 7.96. The van der Waals surface area contributed by atoms with E-state index in [0.29, 0.717) is 17.3 Å². The number of benzene rings is 2. The van der Waals surface area contributed by atoms with Crippen molar-refractivity contribution in [2.45, 2.75) is 18.7 Å². The number of nitrogens with zero attached hydrogens (tertiary/aromatic N) is 4. The third-order valence-electron chi connectivity index (χ3n) is 4.23. The molecule has 152 valence electrons. The van der Waals surface area contributed by atoms with Gasteiger partial charge >= 0.3 is 0 Å². The molecule has 0 aliphatic carbocycles. The maximum absolute atomic E-state index is 12.8. The van der Waals surface area contributed by atoms with Gasteiger partial charge in [0.05, 0.1) is 10.6 Å². The molecule has 2 heterocycles. The molecule has 4 rings (SSSR count). The molecule has 0 spiro atoms. The van der Waals surface area contributed by atoms with E-state index < -0.39 is 10.0 Å². The molecule has 0 radical (unpaired) electrons. The fraction of sp³-hybridized carbons (Fsp3) is 0.0952. The van der Waals surface area contributed by atoms with Crippen LogP contribution in [0.3, 0.4) is 0 Å². The molecule has 9 heteroatoms. The lowest BCUT2D eigenvalue weighted by Gasteiger charge is -2.10. The lowest BCUT2D eigenvalue weighted by molar-refractivity contribution is 0.482. The molecule has 0 bridgehead atoms. The largest absolute Gasteiger partial charge is 0.457 e. The molecule has 0 unspecified atom stereocenters. The van der Waals surface area contributed by atoms with Crippen LogP contribution < -0.4 is 9.46 Å². The summed E-state index contributed by atoms with van der Waals surface area (Å²) in [5.41, 5.74) is 1.72. The molecule has 0 aliphatic heterocycles. The number of aryl methyl sites for hydroxylation is 2. The fourth-order valence-electron chi connectivity index (χ4n) is 2.89. The average Bonchev–Trinajstić information content (AvgIpc) is 3.07. The molecule has 30 heavy (non-hydrogen) atoms. The van der Waals surface area contributed by atoms with Crippen LogP contribution in [0, 0.1) is 13.8 Å². The van der Waals surface area contributed by atoms with E-state index in [1.165, 1.54) is 24.5 Å². The molecule has 0 atom stereocenters. The number of sulfonamides is 1. The highest BCUT2D eigenvalue weighted by Crippen LogP contribution is 2.23. The minimum atomic E-state index is -3.83. The summed E-state index contributed by atoms with van der Waals surface area (Å²) >= 11 is 0. The van der Waals surface area contributed by atoms with Crippen LogP contribution in [-0.4, -0.2) is 28.2 Å². The molecule has 2 aromatic heterocycles. The predicted molar refractivity (Wildman–Crippen MR) is 112 cm³/mol. The van der Waals surface area contributed by atoms with E-state index in [4.69, 9.17) is 4.74 Å². The fourth-order valence-corrected chi connectivity index (χ4v) is 3.89. The number of para-hydroxylation sites is 1. The van der Waals surface area contributed by atoms with Gasteiger partial charge in [0, 0.05) is 11.8 Å². The lowest BCUT2D eigenvalue weighted by atomic mass is 10.3. The molecule has 1 N–H and O–H groups in total. The van der Waals surface area contributed by atoms with Gasteiger partial charge in [-0.1, -0.05) is 18.2 Å². The Morgan fingerprint density at radius 2 is 1.60 bits per heavy atom. The zero-order valence-corrected chi connectivity index (χ0v) is 17.2. The molecule has 0 saturated heterocycles. The Labute approximate surface area is 174 Å². The summed E-state index contributed by atoms with van der Waals surface area (Å²) in [5.74, 6) is 1.83. The van der Waals surface area contributed by atoms with E-state index in [1.54, 1.807) is 16.8 Å². The summed E-state index contributed by atoms with van der Waals surface area (Å²) in [6, 6.07) is 18.8. The van der Waals surface area contributed by atoms with Crippen molar-refractivity contribution in [3.63, 3.8) is 0 Å². The first-order valence-electron chi connectivity index (χ1n) is 9.12. The first-order valence-corrected chi connectivity index (χ1v) is 10.6. The highest BCUT2D eigenvalue weighted by Gasteiger charge is 2.16. The van der Waals surface area contributed by atoms with Crippen molar-refractivity contribution >= 4 is 15.8 Å². The normalized spacial score (nSPS) is 11.3. The monoisotopic (exact) mass is 421 g/mol. The van der Waals surface area contributed by atoms with Crippen LogP contribution in [0.1, 0.15) is 11.4 Å². The number of nitrogens with one attached hydrogen (secondary N) is 1. The first-order chi connectivity index (χ1) is 14.4. The molecule has 0 amide bonds. The SMILES string of the molecule is Cc1cc(C)n(-c2cc(NS(=O)(=O)c3ccc(Oc4ccccc4)cc3)ncn2)n1. The van der Waals surface area contributed by atoms with Gasteiger partial charge in [-0.15, -0.1) is 0 Å². The Morgan fingerprint density at radius 3 is 2.27 bits per heavy atom. The number of hydrogen-bond donors (Lipinski definition) is 1. The highest BCUT2D eigenvalue weighted by atomic mass is 32.2. The summed E-state index contributed by atoms with van der Waals surface area (Å²) in [6.07, 6.45) is 1.29. The first kappa shape index (κ1) is 19.6. The van der Waals surface area contributed by atoms with Crippen LogP contribution in [0.5, 0.6) is 11.5 Å². The predicted octanol–water partition coefficient (Wildman–Crippen LogP) is 3.87. The number of ether oxygens (including phenoxy) is 1. The van der Waals surface area contributed by atoms with Crippen LogP contribution in [0.25, 0.3) is 5.82 Å².